The molecule has 1 atom stereocenters. The van der Waals surface area contributed by atoms with E-state index in [0.29, 0.717) is 6.04 Å². The number of hydrogen-bond acceptors (Lipinski definition) is 3. The SMILES string of the molecule is c1cc(CNC2Cc3ccc(-c4cccs4)cc3C2)cc(-n2ccnc2)c1. The van der Waals surface area contributed by atoms with Crippen molar-refractivity contribution in [3.63, 3.8) is 0 Å². The Morgan fingerprint density at radius 2 is 2.00 bits per heavy atom. The summed E-state index contributed by atoms with van der Waals surface area (Å²) in [5, 5.41) is 5.89. The highest BCUT2D eigenvalue weighted by molar-refractivity contribution is 7.13. The normalized spacial score (nSPS) is 15.8. The molecule has 0 saturated carbocycles. The molecule has 0 fully saturated rings. The zero-order valence-electron chi connectivity index (χ0n) is 15.0. The maximum Gasteiger partial charge on any atom is 0.0991 e. The topological polar surface area (TPSA) is 29.9 Å². The highest BCUT2D eigenvalue weighted by atomic mass is 32.1. The molecule has 0 bridgehead atoms. The van der Waals surface area contributed by atoms with Gasteiger partial charge in [-0.2, -0.15) is 0 Å². The predicted molar refractivity (Wildman–Crippen MR) is 111 cm³/mol. The van der Waals surface area contributed by atoms with Crippen LogP contribution >= 0.6 is 11.3 Å². The van der Waals surface area contributed by atoms with Crippen LogP contribution in [0.1, 0.15) is 16.7 Å². The Kier molecular flexibility index (Phi) is 4.36. The van der Waals surface area contributed by atoms with Crippen LogP contribution in [-0.4, -0.2) is 15.6 Å². The van der Waals surface area contributed by atoms with Crippen LogP contribution in [0.25, 0.3) is 16.1 Å². The Morgan fingerprint density at radius 1 is 1.04 bits per heavy atom. The van der Waals surface area contributed by atoms with Crippen LogP contribution in [0, 0.1) is 0 Å². The average molecular weight is 372 g/mol. The number of thiophene rings is 1. The van der Waals surface area contributed by atoms with Crippen molar-refractivity contribution >= 4 is 11.3 Å². The van der Waals surface area contributed by atoms with Gasteiger partial charge in [0, 0.05) is 35.5 Å². The van der Waals surface area contributed by atoms with Crippen molar-refractivity contribution in [2.75, 3.05) is 0 Å². The van der Waals surface area contributed by atoms with Crippen LogP contribution in [0.4, 0.5) is 0 Å². The van der Waals surface area contributed by atoms with Gasteiger partial charge < -0.3 is 9.88 Å². The standard InChI is InChI=1S/C23H21N3S/c1-3-17(11-22(4-1)26-9-8-24-16-26)15-25-21-13-18-6-7-19(12-20(18)14-21)23-5-2-10-27-23/h1-12,16,21,25H,13-15H2. The molecule has 134 valence electrons. The third-order valence-corrected chi connectivity index (χ3v) is 6.17. The fourth-order valence-corrected chi connectivity index (χ4v) is 4.58. The minimum atomic E-state index is 0.510. The molecule has 1 N–H and O–H groups in total. The lowest BCUT2D eigenvalue weighted by Crippen LogP contribution is -2.28. The van der Waals surface area contributed by atoms with Gasteiger partial charge in [0.1, 0.15) is 0 Å². The van der Waals surface area contributed by atoms with E-state index in [0.717, 1.165) is 25.1 Å². The van der Waals surface area contributed by atoms with Gasteiger partial charge in [0.25, 0.3) is 0 Å². The molecule has 3 nitrogen and oxygen atoms in total. The number of benzene rings is 2. The Balaban J connectivity index is 1.26. The first-order chi connectivity index (χ1) is 13.3. The first-order valence-corrected chi connectivity index (χ1v) is 10.2. The second-order valence-corrected chi connectivity index (χ2v) is 8.03. The number of fused-ring (bicyclic) bond motifs is 1. The molecule has 0 saturated heterocycles. The fourth-order valence-electron chi connectivity index (χ4n) is 3.86. The van der Waals surface area contributed by atoms with Crippen molar-refractivity contribution in [3.8, 4) is 16.1 Å². The van der Waals surface area contributed by atoms with Crippen LogP contribution < -0.4 is 5.32 Å². The summed E-state index contributed by atoms with van der Waals surface area (Å²) in [7, 11) is 0. The first kappa shape index (κ1) is 16.5. The Labute approximate surface area is 163 Å². The van der Waals surface area contributed by atoms with Gasteiger partial charge in [-0.1, -0.05) is 36.4 Å². The van der Waals surface area contributed by atoms with E-state index in [1.54, 1.807) is 0 Å². The molecule has 4 aromatic rings. The van der Waals surface area contributed by atoms with Crippen LogP contribution in [0.2, 0.25) is 0 Å². The number of aromatic nitrogens is 2. The summed E-state index contributed by atoms with van der Waals surface area (Å²) in [5.41, 5.74) is 6.78. The Hall–Kier alpha value is -2.69. The second-order valence-electron chi connectivity index (χ2n) is 7.09. The predicted octanol–water partition coefficient (Wildman–Crippen LogP) is 4.86. The lowest BCUT2D eigenvalue weighted by atomic mass is 10.1. The quantitative estimate of drug-likeness (QED) is 0.543. The molecule has 2 aromatic carbocycles. The molecule has 0 aliphatic heterocycles. The molecule has 2 aromatic heterocycles. The van der Waals surface area contributed by atoms with Crippen LogP contribution in [0.3, 0.4) is 0 Å². The lowest BCUT2D eigenvalue weighted by Gasteiger charge is -2.13. The first-order valence-electron chi connectivity index (χ1n) is 9.31. The molecular formula is C23H21N3S. The van der Waals surface area contributed by atoms with E-state index in [1.807, 2.05) is 34.6 Å². The largest absolute Gasteiger partial charge is 0.309 e. The van der Waals surface area contributed by atoms with Gasteiger partial charge in [0.2, 0.25) is 0 Å². The summed E-state index contributed by atoms with van der Waals surface area (Å²) in [6.45, 7) is 0.888. The number of nitrogens with zero attached hydrogens (tertiary/aromatic N) is 2. The summed E-state index contributed by atoms with van der Waals surface area (Å²) in [5.74, 6) is 0. The third kappa shape index (κ3) is 3.46. The van der Waals surface area contributed by atoms with Gasteiger partial charge in [0.05, 0.1) is 6.33 Å². The van der Waals surface area contributed by atoms with Gasteiger partial charge >= 0.3 is 0 Å². The maximum atomic E-state index is 4.13. The van der Waals surface area contributed by atoms with Gasteiger partial charge in [0.15, 0.2) is 0 Å². The highest BCUT2D eigenvalue weighted by Gasteiger charge is 2.21. The van der Waals surface area contributed by atoms with Crippen molar-refractivity contribution in [1.29, 1.82) is 0 Å². The maximum absolute atomic E-state index is 4.13. The summed E-state index contributed by atoms with van der Waals surface area (Å²) in [4.78, 5) is 5.49. The van der Waals surface area contributed by atoms with Crippen LogP contribution in [0.5, 0.6) is 0 Å². The van der Waals surface area contributed by atoms with Gasteiger partial charge in [-0.05, 0) is 58.7 Å². The molecule has 1 aliphatic rings. The molecule has 27 heavy (non-hydrogen) atoms. The van der Waals surface area contributed by atoms with E-state index >= 15 is 0 Å². The molecule has 5 rings (SSSR count). The van der Waals surface area contributed by atoms with Crippen molar-refractivity contribution in [1.82, 2.24) is 14.9 Å². The van der Waals surface area contributed by atoms with Gasteiger partial charge in [-0.15, -0.1) is 11.3 Å². The molecule has 1 unspecified atom stereocenters. The molecule has 0 spiro atoms. The van der Waals surface area contributed by atoms with E-state index in [1.165, 1.54) is 27.1 Å². The number of hydrogen-bond donors (Lipinski definition) is 1. The zero-order chi connectivity index (χ0) is 18.1. The van der Waals surface area contributed by atoms with Crippen molar-refractivity contribution < 1.29 is 0 Å². The van der Waals surface area contributed by atoms with E-state index in [9.17, 15) is 0 Å². The third-order valence-electron chi connectivity index (χ3n) is 5.25. The number of nitrogens with one attached hydrogen (secondary N) is 1. The summed E-state index contributed by atoms with van der Waals surface area (Å²) in [6, 6.07) is 20.4. The average Bonchev–Trinajstić information content (AvgIpc) is 3.47. The van der Waals surface area contributed by atoms with Gasteiger partial charge in [-0.25, -0.2) is 4.98 Å². The van der Waals surface area contributed by atoms with E-state index < -0.39 is 0 Å². The smallest absolute Gasteiger partial charge is 0.0991 e. The highest BCUT2D eigenvalue weighted by Crippen LogP contribution is 2.30. The minimum absolute atomic E-state index is 0.510. The molecule has 1 aliphatic carbocycles. The Bertz CT molecular complexity index is 1040. The van der Waals surface area contributed by atoms with E-state index in [4.69, 9.17) is 0 Å². The zero-order valence-corrected chi connectivity index (χ0v) is 15.8. The Morgan fingerprint density at radius 3 is 2.85 bits per heavy atom. The summed E-state index contributed by atoms with van der Waals surface area (Å²) >= 11 is 1.81. The molecule has 0 amide bonds. The van der Waals surface area contributed by atoms with Crippen molar-refractivity contribution in [3.05, 3.63) is 95.4 Å². The number of rotatable bonds is 5. The monoisotopic (exact) mass is 371 g/mol. The molecule has 4 heteroatoms. The molecule has 0 radical (unpaired) electrons. The lowest BCUT2D eigenvalue weighted by molar-refractivity contribution is 0.533. The summed E-state index contributed by atoms with van der Waals surface area (Å²) in [6.07, 6.45) is 7.85. The fraction of sp³-hybridized carbons (Fsp3) is 0.174. The van der Waals surface area contributed by atoms with Crippen molar-refractivity contribution in [2.24, 2.45) is 0 Å². The molecular weight excluding hydrogens is 350 g/mol. The van der Waals surface area contributed by atoms with E-state index in [-0.39, 0.29) is 0 Å². The molecule has 2 heterocycles. The van der Waals surface area contributed by atoms with Crippen LogP contribution in [-0.2, 0) is 19.4 Å². The van der Waals surface area contributed by atoms with Crippen LogP contribution in [0.15, 0.2) is 78.7 Å². The van der Waals surface area contributed by atoms with E-state index in [2.05, 4.69) is 70.3 Å². The summed E-state index contributed by atoms with van der Waals surface area (Å²) < 4.78 is 2.04. The van der Waals surface area contributed by atoms with Crippen molar-refractivity contribution in [2.45, 2.75) is 25.4 Å². The van der Waals surface area contributed by atoms with Gasteiger partial charge in [-0.3, -0.25) is 0 Å². The second kappa shape index (κ2) is 7.14. The minimum Gasteiger partial charge on any atom is -0.309 e. The number of imidazole rings is 1.